The Hall–Kier alpha value is -3.22. The lowest BCUT2D eigenvalue weighted by Gasteiger charge is -2.19. The van der Waals surface area contributed by atoms with Crippen molar-refractivity contribution in [3.63, 3.8) is 0 Å². The minimum atomic E-state index is -0.127. The standard InChI is InChI=1S/C22H30N4O3/c1-16-7-5-6-8-20(16)29-17(2)15-26-22(23-3)25-14-13-24-21(27)18-9-11-19(28-4)12-10-18/h5-12,17H,13-15H2,1-4H3,(H,24,27)(H2,23,25,26). The zero-order chi connectivity index (χ0) is 21.1. The number of benzene rings is 2. The van der Waals surface area contributed by atoms with Crippen molar-refractivity contribution in [3.8, 4) is 11.5 Å². The predicted octanol–water partition coefficient (Wildman–Crippen LogP) is 2.37. The Morgan fingerprint density at radius 3 is 2.38 bits per heavy atom. The van der Waals surface area contributed by atoms with E-state index in [1.54, 1.807) is 38.4 Å². The first kappa shape index (κ1) is 22.1. The van der Waals surface area contributed by atoms with Crippen LogP contribution in [0, 0.1) is 6.92 Å². The number of aryl methyl sites for hydroxylation is 1. The molecule has 7 heteroatoms. The number of hydrogen-bond acceptors (Lipinski definition) is 4. The second kappa shape index (κ2) is 11.6. The van der Waals surface area contributed by atoms with E-state index in [2.05, 4.69) is 20.9 Å². The number of guanidine groups is 1. The van der Waals surface area contributed by atoms with Gasteiger partial charge in [0, 0.05) is 25.7 Å². The zero-order valence-electron chi connectivity index (χ0n) is 17.5. The van der Waals surface area contributed by atoms with Gasteiger partial charge >= 0.3 is 0 Å². The fraction of sp³-hybridized carbons (Fsp3) is 0.364. The third-order valence-electron chi connectivity index (χ3n) is 4.26. The molecule has 0 aliphatic carbocycles. The summed E-state index contributed by atoms with van der Waals surface area (Å²) in [4.78, 5) is 16.3. The summed E-state index contributed by atoms with van der Waals surface area (Å²) >= 11 is 0. The normalized spacial score (nSPS) is 12.1. The second-order valence-electron chi connectivity index (χ2n) is 6.56. The SMILES string of the molecule is CN=C(NCCNC(=O)c1ccc(OC)cc1)NCC(C)Oc1ccccc1C. The van der Waals surface area contributed by atoms with Crippen LogP contribution in [-0.4, -0.2) is 51.8 Å². The first-order valence-corrected chi connectivity index (χ1v) is 9.62. The number of nitrogens with one attached hydrogen (secondary N) is 3. The van der Waals surface area contributed by atoms with Crippen molar-refractivity contribution in [2.45, 2.75) is 20.0 Å². The lowest BCUT2D eigenvalue weighted by molar-refractivity contribution is 0.0954. The highest BCUT2D eigenvalue weighted by Crippen LogP contribution is 2.17. The Morgan fingerprint density at radius 1 is 1.03 bits per heavy atom. The molecule has 1 atom stereocenters. The highest BCUT2D eigenvalue weighted by Gasteiger charge is 2.08. The number of para-hydroxylation sites is 1. The van der Waals surface area contributed by atoms with Crippen LogP contribution in [0.15, 0.2) is 53.5 Å². The van der Waals surface area contributed by atoms with Crippen molar-refractivity contribution in [2.75, 3.05) is 33.8 Å². The van der Waals surface area contributed by atoms with Gasteiger partial charge in [0.1, 0.15) is 17.6 Å². The van der Waals surface area contributed by atoms with E-state index in [9.17, 15) is 4.79 Å². The predicted molar refractivity (Wildman–Crippen MR) is 116 cm³/mol. The van der Waals surface area contributed by atoms with E-state index < -0.39 is 0 Å². The molecular weight excluding hydrogens is 368 g/mol. The molecule has 0 spiro atoms. The zero-order valence-corrected chi connectivity index (χ0v) is 17.5. The number of carbonyl (C=O) groups excluding carboxylic acids is 1. The summed E-state index contributed by atoms with van der Waals surface area (Å²) in [6.07, 6.45) is -0.0237. The molecule has 0 radical (unpaired) electrons. The molecule has 0 aromatic heterocycles. The van der Waals surface area contributed by atoms with Gasteiger partial charge in [-0.1, -0.05) is 18.2 Å². The highest BCUT2D eigenvalue weighted by atomic mass is 16.5. The van der Waals surface area contributed by atoms with Crippen molar-refractivity contribution in [3.05, 3.63) is 59.7 Å². The lowest BCUT2D eigenvalue weighted by atomic mass is 10.2. The van der Waals surface area contributed by atoms with Crippen LogP contribution >= 0.6 is 0 Å². The molecular formula is C22H30N4O3. The van der Waals surface area contributed by atoms with Crippen molar-refractivity contribution >= 4 is 11.9 Å². The number of amides is 1. The fourth-order valence-electron chi connectivity index (χ4n) is 2.61. The van der Waals surface area contributed by atoms with E-state index in [0.717, 1.165) is 17.1 Å². The van der Waals surface area contributed by atoms with Gasteiger partial charge in [0.2, 0.25) is 0 Å². The molecule has 0 bridgehead atoms. The van der Waals surface area contributed by atoms with Gasteiger partial charge in [0.05, 0.1) is 13.7 Å². The summed E-state index contributed by atoms with van der Waals surface area (Å²) in [6, 6.07) is 14.9. The first-order chi connectivity index (χ1) is 14.0. The van der Waals surface area contributed by atoms with Crippen molar-refractivity contribution in [2.24, 2.45) is 4.99 Å². The van der Waals surface area contributed by atoms with Crippen LogP contribution in [0.1, 0.15) is 22.8 Å². The number of methoxy groups -OCH3 is 1. The highest BCUT2D eigenvalue weighted by molar-refractivity contribution is 5.94. The third-order valence-corrected chi connectivity index (χ3v) is 4.26. The van der Waals surface area contributed by atoms with Gasteiger partial charge in [0.15, 0.2) is 5.96 Å². The van der Waals surface area contributed by atoms with Gasteiger partial charge in [-0.05, 0) is 49.7 Å². The number of nitrogens with zero attached hydrogens (tertiary/aromatic N) is 1. The molecule has 29 heavy (non-hydrogen) atoms. The number of ether oxygens (including phenoxy) is 2. The van der Waals surface area contributed by atoms with Crippen molar-refractivity contribution in [1.82, 2.24) is 16.0 Å². The molecule has 0 heterocycles. The van der Waals surface area contributed by atoms with E-state index >= 15 is 0 Å². The van der Waals surface area contributed by atoms with Crippen LogP contribution in [0.4, 0.5) is 0 Å². The summed E-state index contributed by atoms with van der Waals surface area (Å²) in [5.41, 5.74) is 1.70. The van der Waals surface area contributed by atoms with Crippen LogP contribution in [-0.2, 0) is 0 Å². The van der Waals surface area contributed by atoms with E-state index in [1.807, 2.05) is 38.1 Å². The smallest absolute Gasteiger partial charge is 0.251 e. The van der Waals surface area contributed by atoms with E-state index in [1.165, 1.54) is 0 Å². The number of hydrogen-bond donors (Lipinski definition) is 3. The monoisotopic (exact) mass is 398 g/mol. The summed E-state index contributed by atoms with van der Waals surface area (Å²) in [5, 5.41) is 9.27. The van der Waals surface area contributed by atoms with Crippen molar-refractivity contribution < 1.29 is 14.3 Å². The fourth-order valence-corrected chi connectivity index (χ4v) is 2.61. The Balaban J connectivity index is 1.68. The van der Waals surface area contributed by atoms with Gasteiger partial charge in [-0.3, -0.25) is 9.79 Å². The maximum atomic E-state index is 12.1. The molecule has 1 unspecified atom stereocenters. The molecule has 0 saturated heterocycles. The molecule has 2 aromatic carbocycles. The topological polar surface area (TPSA) is 84.0 Å². The van der Waals surface area contributed by atoms with E-state index in [4.69, 9.17) is 9.47 Å². The number of carbonyl (C=O) groups is 1. The lowest BCUT2D eigenvalue weighted by Crippen LogP contribution is -2.44. The minimum Gasteiger partial charge on any atom is -0.497 e. The first-order valence-electron chi connectivity index (χ1n) is 9.62. The molecule has 1 amide bonds. The van der Waals surface area contributed by atoms with Crippen LogP contribution in [0.3, 0.4) is 0 Å². The third kappa shape index (κ3) is 7.37. The molecule has 0 saturated carbocycles. The van der Waals surface area contributed by atoms with Gasteiger partial charge in [-0.15, -0.1) is 0 Å². The van der Waals surface area contributed by atoms with E-state index in [-0.39, 0.29) is 12.0 Å². The van der Waals surface area contributed by atoms with Crippen LogP contribution in [0.2, 0.25) is 0 Å². The van der Waals surface area contributed by atoms with Gasteiger partial charge in [-0.2, -0.15) is 0 Å². The number of rotatable bonds is 9. The van der Waals surface area contributed by atoms with Gasteiger partial charge in [0.25, 0.3) is 5.91 Å². The minimum absolute atomic E-state index is 0.0237. The summed E-state index contributed by atoms with van der Waals surface area (Å²) in [5.74, 6) is 2.13. The van der Waals surface area contributed by atoms with Crippen molar-refractivity contribution in [1.29, 1.82) is 0 Å². The molecule has 7 nitrogen and oxygen atoms in total. The van der Waals surface area contributed by atoms with Crippen LogP contribution in [0.25, 0.3) is 0 Å². The molecule has 2 rings (SSSR count). The molecule has 0 aliphatic heterocycles. The summed E-state index contributed by atoms with van der Waals surface area (Å²) in [6.45, 7) is 5.65. The maximum Gasteiger partial charge on any atom is 0.251 e. The Bertz CT molecular complexity index is 806. The van der Waals surface area contributed by atoms with Gasteiger partial charge in [-0.25, -0.2) is 0 Å². The molecule has 0 fully saturated rings. The maximum absolute atomic E-state index is 12.1. The molecule has 2 aromatic rings. The average Bonchev–Trinajstić information content (AvgIpc) is 2.74. The Labute approximate surface area is 172 Å². The molecule has 3 N–H and O–H groups in total. The second-order valence-corrected chi connectivity index (χ2v) is 6.56. The average molecular weight is 399 g/mol. The summed E-state index contributed by atoms with van der Waals surface area (Å²) in [7, 11) is 3.30. The van der Waals surface area contributed by atoms with Gasteiger partial charge < -0.3 is 25.4 Å². The molecule has 156 valence electrons. The Morgan fingerprint density at radius 2 is 1.72 bits per heavy atom. The van der Waals surface area contributed by atoms with Crippen LogP contribution < -0.4 is 25.4 Å². The quantitative estimate of drug-likeness (QED) is 0.343. The largest absolute Gasteiger partial charge is 0.497 e. The van der Waals surface area contributed by atoms with E-state index in [0.29, 0.717) is 31.2 Å². The van der Waals surface area contributed by atoms with Crippen LogP contribution in [0.5, 0.6) is 11.5 Å². The Kier molecular flexibility index (Phi) is 8.82. The molecule has 0 aliphatic rings. The summed E-state index contributed by atoms with van der Waals surface area (Å²) < 4.78 is 11.0. The number of aliphatic imine (C=N–C) groups is 1.